The Hall–Kier alpha value is -1.11. The number of carbonyl (C=O) groups excluding carboxylic acids is 1. The lowest BCUT2D eigenvalue weighted by molar-refractivity contribution is -0.112. The van der Waals surface area contributed by atoms with Gasteiger partial charge in [0.1, 0.15) is 0 Å². The minimum Gasteiger partial charge on any atom is -0.295 e. The molecule has 0 aromatic rings. The highest BCUT2D eigenvalue weighted by Gasteiger charge is 1.90. The smallest absolute Gasteiger partial charge is 0.152 e. The van der Waals surface area contributed by atoms with Gasteiger partial charge in [0.05, 0.1) is 0 Å². The number of rotatable bonds is 7. The van der Waals surface area contributed by atoms with Crippen molar-refractivity contribution in [3.63, 3.8) is 0 Å². The van der Waals surface area contributed by atoms with Gasteiger partial charge in [0, 0.05) is 0 Å². The number of hydrogen-bond donors (Lipinski definition) is 0. The molecule has 0 aliphatic heterocycles. The average Bonchev–Trinajstić information content (AvgIpc) is 2.17. The van der Waals surface area contributed by atoms with E-state index in [9.17, 15) is 4.79 Å². The van der Waals surface area contributed by atoms with Crippen LogP contribution in [0, 0.1) is 0 Å². The maximum atomic E-state index is 10.7. The second-order valence-electron chi connectivity index (χ2n) is 4.32. The van der Waals surface area contributed by atoms with Crippen molar-refractivity contribution in [2.45, 2.75) is 53.4 Å². The summed E-state index contributed by atoms with van der Waals surface area (Å²) in [5.74, 6) is 0.0998. The molecule has 0 unspecified atom stereocenters. The largest absolute Gasteiger partial charge is 0.295 e. The Labute approximate surface area is 99.9 Å². The first kappa shape index (κ1) is 14.9. The van der Waals surface area contributed by atoms with Crippen LogP contribution in [0.3, 0.4) is 0 Å². The molecule has 0 saturated heterocycles. The van der Waals surface area contributed by atoms with Crippen LogP contribution in [-0.4, -0.2) is 5.78 Å². The summed E-state index contributed by atoms with van der Waals surface area (Å²) in [7, 11) is 0. The molecule has 0 atom stereocenters. The summed E-state index contributed by atoms with van der Waals surface area (Å²) in [6.07, 6.45) is 12.4. The molecule has 0 fully saturated rings. The highest BCUT2D eigenvalue weighted by atomic mass is 16.1. The predicted molar refractivity (Wildman–Crippen MR) is 71.5 cm³/mol. The Morgan fingerprint density at radius 2 is 1.75 bits per heavy atom. The fraction of sp³-hybridized carbons (Fsp3) is 0.533. The Balaban J connectivity index is 3.93. The third kappa shape index (κ3) is 9.45. The topological polar surface area (TPSA) is 17.1 Å². The van der Waals surface area contributed by atoms with Crippen molar-refractivity contribution < 1.29 is 4.79 Å². The van der Waals surface area contributed by atoms with Crippen molar-refractivity contribution in [3.05, 3.63) is 35.5 Å². The standard InChI is InChI=1S/C15H24O/c1-5-8-13(2)9-6-10-14(3)11-7-12-15(4)16/h7,9,11-12H,5-6,8,10H2,1-4H3. The normalized spacial score (nSPS) is 13.5. The van der Waals surface area contributed by atoms with Gasteiger partial charge in [-0.05, 0) is 46.1 Å². The number of hydrogen-bond acceptors (Lipinski definition) is 1. The van der Waals surface area contributed by atoms with Crippen LogP contribution in [0.1, 0.15) is 53.4 Å². The van der Waals surface area contributed by atoms with Gasteiger partial charge < -0.3 is 0 Å². The lowest BCUT2D eigenvalue weighted by Crippen LogP contribution is -1.80. The average molecular weight is 220 g/mol. The SMILES string of the molecule is CCCC(C)=CCCC(C)=CC=CC(C)=O. The van der Waals surface area contributed by atoms with Gasteiger partial charge in [-0.3, -0.25) is 4.79 Å². The first-order valence-electron chi connectivity index (χ1n) is 6.06. The molecule has 0 bridgehead atoms. The van der Waals surface area contributed by atoms with Crippen molar-refractivity contribution in [3.8, 4) is 0 Å². The van der Waals surface area contributed by atoms with E-state index in [4.69, 9.17) is 0 Å². The van der Waals surface area contributed by atoms with Gasteiger partial charge in [-0.15, -0.1) is 0 Å². The van der Waals surface area contributed by atoms with Crippen molar-refractivity contribution in [1.82, 2.24) is 0 Å². The van der Waals surface area contributed by atoms with E-state index in [1.165, 1.54) is 24.0 Å². The van der Waals surface area contributed by atoms with E-state index in [-0.39, 0.29) is 5.78 Å². The van der Waals surface area contributed by atoms with E-state index in [0.29, 0.717) is 0 Å². The second kappa shape index (κ2) is 9.14. The van der Waals surface area contributed by atoms with Crippen LogP contribution in [0.5, 0.6) is 0 Å². The maximum absolute atomic E-state index is 10.7. The van der Waals surface area contributed by atoms with E-state index < -0.39 is 0 Å². The molecule has 0 rings (SSSR count). The summed E-state index contributed by atoms with van der Waals surface area (Å²) in [5.41, 5.74) is 2.80. The van der Waals surface area contributed by atoms with Crippen LogP contribution in [0.2, 0.25) is 0 Å². The molecule has 0 aliphatic carbocycles. The summed E-state index contributed by atoms with van der Waals surface area (Å²) in [4.78, 5) is 10.7. The van der Waals surface area contributed by atoms with Crippen LogP contribution in [-0.2, 0) is 4.79 Å². The molecular formula is C15H24O. The third-order valence-corrected chi connectivity index (χ3v) is 2.39. The van der Waals surface area contributed by atoms with E-state index >= 15 is 0 Å². The predicted octanol–water partition coefficient (Wildman–Crippen LogP) is 4.60. The first-order valence-corrected chi connectivity index (χ1v) is 6.06. The van der Waals surface area contributed by atoms with Crippen molar-refractivity contribution >= 4 is 5.78 Å². The lowest BCUT2D eigenvalue weighted by atomic mass is 10.1. The van der Waals surface area contributed by atoms with E-state index in [1.54, 1.807) is 13.0 Å². The minimum absolute atomic E-state index is 0.0998. The van der Waals surface area contributed by atoms with Gasteiger partial charge >= 0.3 is 0 Å². The molecule has 16 heavy (non-hydrogen) atoms. The molecule has 90 valence electrons. The van der Waals surface area contributed by atoms with Crippen molar-refractivity contribution in [2.24, 2.45) is 0 Å². The minimum atomic E-state index is 0.0998. The molecule has 0 N–H and O–H groups in total. The quantitative estimate of drug-likeness (QED) is 0.348. The molecule has 0 radical (unpaired) electrons. The van der Waals surface area contributed by atoms with Gasteiger partial charge in [-0.2, -0.15) is 0 Å². The zero-order chi connectivity index (χ0) is 12.4. The number of allylic oxidation sites excluding steroid dienone is 6. The highest BCUT2D eigenvalue weighted by molar-refractivity contribution is 5.87. The van der Waals surface area contributed by atoms with Crippen LogP contribution in [0.4, 0.5) is 0 Å². The zero-order valence-electron chi connectivity index (χ0n) is 11.0. The number of carbonyl (C=O) groups is 1. The van der Waals surface area contributed by atoms with Gasteiger partial charge in [0.25, 0.3) is 0 Å². The third-order valence-electron chi connectivity index (χ3n) is 2.39. The van der Waals surface area contributed by atoms with Crippen LogP contribution >= 0.6 is 0 Å². The van der Waals surface area contributed by atoms with Crippen LogP contribution in [0.25, 0.3) is 0 Å². The lowest BCUT2D eigenvalue weighted by Gasteiger charge is -1.99. The van der Waals surface area contributed by atoms with Crippen molar-refractivity contribution in [2.75, 3.05) is 0 Å². The Kier molecular flexibility index (Phi) is 8.51. The van der Waals surface area contributed by atoms with Gasteiger partial charge in [0.2, 0.25) is 0 Å². The Morgan fingerprint density at radius 1 is 1.06 bits per heavy atom. The fourth-order valence-electron chi connectivity index (χ4n) is 1.47. The summed E-state index contributed by atoms with van der Waals surface area (Å²) in [6, 6.07) is 0. The molecule has 0 amide bonds. The molecule has 0 spiro atoms. The Morgan fingerprint density at radius 3 is 2.31 bits per heavy atom. The summed E-state index contributed by atoms with van der Waals surface area (Å²) >= 11 is 0. The zero-order valence-corrected chi connectivity index (χ0v) is 11.0. The highest BCUT2D eigenvalue weighted by Crippen LogP contribution is 2.09. The monoisotopic (exact) mass is 220 g/mol. The van der Waals surface area contributed by atoms with Crippen molar-refractivity contribution in [1.29, 1.82) is 0 Å². The first-order chi connectivity index (χ1) is 7.56. The van der Waals surface area contributed by atoms with Crippen LogP contribution in [0.15, 0.2) is 35.5 Å². The molecule has 0 heterocycles. The molecule has 0 aromatic heterocycles. The van der Waals surface area contributed by atoms with Gasteiger partial charge in [0.15, 0.2) is 5.78 Å². The summed E-state index contributed by atoms with van der Waals surface area (Å²) in [6.45, 7) is 8.07. The molecular weight excluding hydrogens is 196 g/mol. The molecule has 0 aromatic carbocycles. The van der Waals surface area contributed by atoms with Gasteiger partial charge in [-0.25, -0.2) is 0 Å². The molecule has 1 nitrogen and oxygen atoms in total. The van der Waals surface area contributed by atoms with E-state index in [0.717, 1.165) is 12.8 Å². The molecule has 0 aliphatic rings. The summed E-state index contributed by atoms with van der Waals surface area (Å²) in [5, 5.41) is 0. The van der Waals surface area contributed by atoms with E-state index in [2.05, 4.69) is 26.8 Å². The number of ketones is 1. The summed E-state index contributed by atoms with van der Waals surface area (Å²) < 4.78 is 0. The second-order valence-corrected chi connectivity index (χ2v) is 4.32. The molecule has 1 heteroatoms. The van der Waals surface area contributed by atoms with E-state index in [1.807, 2.05) is 12.2 Å². The molecule has 0 saturated carbocycles. The van der Waals surface area contributed by atoms with Gasteiger partial charge in [-0.1, -0.05) is 42.7 Å². The fourth-order valence-corrected chi connectivity index (χ4v) is 1.47. The Bertz CT molecular complexity index is 293. The van der Waals surface area contributed by atoms with Crippen LogP contribution < -0.4 is 0 Å². The maximum Gasteiger partial charge on any atom is 0.152 e.